The Hall–Kier alpha value is -3.47. The van der Waals surface area contributed by atoms with Crippen LogP contribution in [0.3, 0.4) is 0 Å². The van der Waals surface area contributed by atoms with E-state index in [2.05, 4.69) is 5.32 Å². The molecular formula is C31H37Cl2N3O6S. The number of nitrogens with zero attached hydrogens (tertiary/aromatic N) is 2. The summed E-state index contributed by atoms with van der Waals surface area (Å²) >= 11 is 12.5. The first-order chi connectivity index (χ1) is 20.4. The van der Waals surface area contributed by atoms with E-state index in [4.69, 9.17) is 32.7 Å². The van der Waals surface area contributed by atoms with Crippen molar-refractivity contribution in [3.05, 3.63) is 82.3 Å². The first-order valence-electron chi connectivity index (χ1n) is 13.7. The zero-order valence-electron chi connectivity index (χ0n) is 24.8. The lowest BCUT2D eigenvalue weighted by Gasteiger charge is -2.33. The van der Waals surface area contributed by atoms with Crippen LogP contribution in [0.2, 0.25) is 10.0 Å². The van der Waals surface area contributed by atoms with Gasteiger partial charge in [-0.05, 0) is 60.4 Å². The molecule has 3 aromatic carbocycles. The van der Waals surface area contributed by atoms with Crippen LogP contribution in [0.5, 0.6) is 11.5 Å². The second kappa shape index (κ2) is 15.3. The Morgan fingerprint density at radius 1 is 0.930 bits per heavy atom. The average molecular weight is 651 g/mol. The molecule has 0 heterocycles. The van der Waals surface area contributed by atoms with Crippen LogP contribution in [0.4, 0.5) is 5.69 Å². The molecular weight excluding hydrogens is 613 g/mol. The fourth-order valence-electron chi connectivity index (χ4n) is 4.39. The van der Waals surface area contributed by atoms with Gasteiger partial charge in [-0.25, -0.2) is 8.42 Å². The minimum Gasteiger partial charge on any atom is -0.493 e. The number of carbonyl (C=O) groups excluding carboxylic acids is 2. The molecule has 0 aliphatic heterocycles. The zero-order valence-corrected chi connectivity index (χ0v) is 27.2. The normalized spacial score (nSPS) is 12.0. The number of carbonyl (C=O) groups is 2. The minimum atomic E-state index is -4.33. The smallest absolute Gasteiger partial charge is 0.264 e. The quantitative estimate of drug-likeness (QED) is 0.237. The van der Waals surface area contributed by atoms with E-state index in [1.807, 2.05) is 13.8 Å². The Bertz CT molecular complexity index is 1520. The van der Waals surface area contributed by atoms with Gasteiger partial charge >= 0.3 is 0 Å². The molecule has 3 aromatic rings. The maximum absolute atomic E-state index is 14.2. The molecule has 43 heavy (non-hydrogen) atoms. The van der Waals surface area contributed by atoms with Crippen molar-refractivity contribution in [2.45, 2.75) is 44.7 Å². The Morgan fingerprint density at radius 3 is 2.16 bits per heavy atom. The van der Waals surface area contributed by atoms with E-state index in [0.29, 0.717) is 34.3 Å². The monoisotopic (exact) mass is 649 g/mol. The molecule has 0 radical (unpaired) electrons. The first kappa shape index (κ1) is 34.0. The van der Waals surface area contributed by atoms with E-state index in [-0.39, 0.29) is 34.7 Å². The number of methoxy groups -OCH3 is 2. The molecule has 0 aromatic heterocycles. The van der Waals surface area contributed by atoms with E-state index in [0.717, 1.165) is 4.31 Å². The first-order valence-corrected chi connectivity index (χ1v) is 15.9. The van der Waals surface area contributed by atoms with Crippen molar-refractivity contribution in [1.29, 1.82) is 0 Å². The number of nitrogens with one attached hydrogen (secondary N) is 1. The summed E-state index contributed by atoms with van der Waals surface area (Å²) in [6.45, 7) is 5.55. The van der Waals surface area contributed by atoms with Gasteiger partial charge in [-0.2, -0.15) is 0 Å². The number of hydrogen-bond donors (Lipinski definition) is 1. The van der Waals surface area contributed by atoms with Crippen molar-refractivity contribution in [2.75, 3.05) is 31.6 Å². The van der Waals surface area contributed by atoms with Crippen molar-refractivity contribution >= 4 is 50.7 Å². The largest absolute Gasteiger partial charge is 0.493 e. The lowest BCUT2D eigenvalue weighted by Crippen LogP contribution is -2.52. The van der Waals surface area contributed by atoms with E-state index < -0.39 is 28.5 Å². The van der Waals surface area contributed by atoms with Crippen molar-refractivity contribution < 1.29 is 27.5 Å². The summed E-state index contributed by atoms with van der Waals surface area (Å²) in [6, 6.07) is 16.4. The lowest BCUT2D eigenvalue weighted by atomic mass is 10.1. The van der Waals surface area contributed by atoms with E-state index in [9.17, 15) is 18.0 Å². The number of halogens is 2. The third-order valence-electron chi connectivity index (χ3n) is 6.71. The minimum absolute atomic E-state index is 0.00300. The Morgan fingerprint density at radius 2 is 1.58 bits per heavy atom. The number of hydrogen-bond acceptors (Lipinski definition) is 6. The van der Waals surface area contributed by atoms with E-state index in [1.54, 1.807) is 31.2 Å². The Kier molecular flexibility index (Phi) is 12.1. The summed E-state index contributed by atoms with van der Waals surface area (Å²) in [5.41, 5.74) is 0.830. The highest BCUT2D eigenvalue weighted by Crippen LogP contribution is 2.33. The number of rotatable bonds is 14. The molecule has 0 saturated carbocycles. The third kappa shape index (κ3) is 8.55. The maximum atomic E-state index is 14.2. The van der Waals surface area contributed by atoms with Crippen molar-refractivity contribution in [1.82, 2.24) is 10.2 Å². The molecule has 0 bridgehead atoms. The molecule has 0 aliphatic carbocycles. The van der Waals surface area contributed by atoms with E-state index >= 15 is 0 Å². The van der Waals surface area contributed by atoms with Gasteiger partial charge in [0.15, 0.2) is 11.5 Å². The third-order valence-corrected chi connectivity index (χ3v) is 9.10. The molecule has 2 amide bonds. The molecule has 232 valence electrons. The van der Waals surface area contributed by atoms with Crippen LogP contribution in [0, 0.1) is 5.92 Å². The molecule has 0 saturated heterocycles. The SMILES string of the molecule is CCC(C(=O)NCC(C)C)N(Cc1ccccc1Cl)C(=O)CN(c1ccc(Cl)cc1)S(=O)(=O)c1ccc(OC)c(OC)c1. The second-order valence-corrected chi connectivity index (χ2v) is 12.9. The topological polar surface area (TPSA) is 105 Å². The molecule has 3 rings (SSSR count). The van der Waals surface area contributed by atoms with Gasteiger partial charge in [0.25, 0.3) is 10.0 Å². The number of amides is 2. The van der Waals surface area contributed by atoms with Gasteiger partial charge in [0.2, 0.25) is 11.8 Å². The molecule has 1 N–H and O–H groups in total. The van der Waals surface area contributed by atoms with Gasteiger partial charge in [0.1, 0.15) is 12.6 Å². The summed E-state index contributed by atoms with van der Waals surface area (Å²) in [7, 11) is -1.48. The number of anilines is 1. The highest BCUT2D eigenvalue weighted by atomic mass is 35.5. The lowest BCUT2D eigenvalue weighted by molar-refractivity contribution is -0.140. The average Bonchev–Trinajstić information content (AvgIpc) is 2.99. The van der Waals surface area contributed by atoms with Crippen molar-refractivity contribution in [2.24, 2.45) is 5.92 Å². The van der Waals surface area contributed by atoms with Crippen LogP contribution in [0.15, 0.2) is 71.6 Å². The Labute approximate surface area is 263 Å². The molecule has 1 atom stereocenters. The van der Waals surface area contributed by atoms with Crippen molar-refractivity contribution in [3.8, 4) is 11.5 Å². The molecule has 1 unspecified atom stereocenters. The molecule has 9 nitrogen and oxygen atoms in total. The van der Waals surface area contributed by atoms with Gasteiger partial charge in [0.05, 0.1) is 24.8 Å². The summed E-state index contributed by atoms with van der Waals surface area (Å²) in [6.07, 6.45) is 0.295. The van der Waals surface area contributed by atoms with E-state index in [1.165, 1.54) is 61.6 Å². The second-order valence-electron chi connectivity index (χ2n) is 10.2. The molecule has 12 heteroatoms. The zero-order chi connectivity index (χ0) is 31.7. The van der Waals surface area contributed by atoms with Crippen LogP contribution in [0.25, 0.3) is 0 Å². The van der Waals surface area contributed by atoms with Gasteiger partial charge < -0.3 is 19.7 Å². The maximum Gasteiger partial charge on any atom is 0.264 e. The highest BCUT2D eigenvalue weighted by Gasteiger charge is 2.34. The van der Waals surface area contributed by atoms with Crippen LogP contribution >= 0.6 is 23.2 Å². The Balaban J connectivity index is 2.09. The van der Waals surface area contributed by atoms with Gasteiger partial charge in [-0.3, -0.25) is 13.9 Å². The number of sulfonamides is 1. The van der Waals surface area contributed by atoms with Gasteiger partial charge in [-0.1, -0.05) is 62.2 Å². The van der Waals surface area contributed by atoms with Gasteiger partial charge in [-0.15, -0.1) is 0 Å². The fourth-order valence-corrected chi connectivity index (χ4v) is 6.14. The number of ether oxygens (including phenoxy) is 2. The fraction of sp³-hybridized carbons (Fsp3) is 0.355. The van der Waals surface area contributed by atoms with Crippen LogP contribution in [-0.4, -0.2) is 58.5 Å². The van der Waals surface area contributed by atoms with Crippen molar-refractivity contribution in [3.63, 3.8) is 0 Å². The number of benzene rings is 3. The summed E-state index contributed by atoms with van der Waals surface area (Å²) in [5.74, 6) is -0.178. The standard InChI is InChI=1S/C31H37Cl2N3O6S/c1-6-27(31(38)34-18-21(2)3)35(19-22-9-7-8-10-26(22)33)30(37)20-36(24-13-11-23(32)12-14-24)43(39,40)25-15-16-28(41-4)29(17-25)42-5/h7-17,21,27H,6,18-20H2,1-5H3,(H,34,38). The molecule has 0 aliphatic rings. The van der Waals surface area contributed by atoms with Crippen LogP contribution in [-0.2, 0) is 26.2 Å². The predicted octanol–water partition coefficient (Wildman–Crippen LogP) is 5.79. The van der Waals surface area contributed by atoms with Crippen LogP contribution in [0.1, 0.15) is 32.8 Å². The highest BCUT2D eigenvalue weighted by molar-refractivity contribution is 7.92. The van der Waals surface area contributed by atoms with Gasteiger partial charge in [0, 0.05) is 29.2 Å². The summed E-state index contributed by atoms with van der Waals surface area (Å²) in [5, 5.41) is 3.72. The summed E-state index contributed by atoms with van der Waals surface area (Å²) in [4.78, 5) is 28.8. The van der Waals surface area contributed by atoms with Crippen LogP contribution < -0.4 is 19.1 Å². The summed E-state index contributed by atoms with van der Waals surface area (Å²) < 4.78 is 39.8. The predicted molar refractivity (Wildman–Crippen MR) is 169 cm³/mol. The molecule has 0 fully saturated rings. The molecule has 0 spiro atoms.